The summed E-state index contributed by atoms with van der Waals surface area (Å²) in [4.78, 5) is 5.21. The van der Waals surface area contributed by atoms with E-state index in [4.69, 9.17) is 0 Å². The molecule has 2 aromatic carbocycles. The van der Waals surface area contributed by atoms with E-state index in [1.54, 1.807) is 0 Å². The van der Waals surface area contributed by atoms with Crippen molar-refractivity contribution >= 4 is 11.4 Å². The Morgan fingerprint density at radius 2 is 1.20 bits per heavy atom. The van der Waals surface area contributed by atoms with Gasteiger partial charge in [-0.15, -0.1) is 0 Å². The number of hydrogen-bond donors (Lipinski definition) is 0. The van der Waals surface area contributed by atoms with Gasteiger partial charge in [0.15, 0.2) is 0 Å². The fourth-order valence-electron chi connectivity index (χ4n) is 4.77. The number of hydrogen-bond acceptors (Lipinski definition) is 2. The molecule has 25 heavy (non-hydrogen) atoms. The summed E-state index contributed by atoms with van der Waals surface area (Å²) in [5.41, 5.74) is 11.2. The van der Waals surface area contributed by atoms with Crippen LogP contribution in [0.1, 0.15) is 46.7 Å². The summed E-state index contributed by atoms with van der Waals surface area (Å²) in [5.74, 6) is 0. The monoisotopic (exact) mass is 336 g/mol. The van der Waals surface area contributed by atoms with E-state index >= 15 is 0 Å². The minimum absolute atomic E-state index is 0.570. The molecule has 0 radical (unpaired) electrons. The summed E-state index contributed by atoms with van der Waals surface area (Å²) in [7, 11) is 0. The standard InChI is InChI=1S/C23H32N2/c1-8-21-13-24(22-17(4)9-15(2)10-18(22)5)14-25(21)23-19(6)11-16(3)12-20(23)7/h9-12,21H,8,13-14H2,1-7H3. The van der Waals surface area contributed by atoms with Crippen LogP contribution in [0.4, 0.5) is 11.4 Å². The van der Waals surface area contributed by atoms with E-state index in [-0.39, 0.29) is 0 Å². The molecule has 3 rings (SSSR count). The highest BCUT2D eigenvalue weighted by Gasteiger charge is 2.32. The number of nitrogens with zero attached hydrogens (tertiary/aromatic N) is 2. The molecule has 2 aromatic rings. The second-order valence-corrected chi connectivity index (χ2v) is 7.89. The molecule has 1 heterocycles. The predicted octanol–water partition coefficient (Wildman–Crippen LogP) is 5.60. The molecule has 0 bridgehead atoms. The lowest BCUT2D eigenvalue weighted by molar-refractivity contribution is 0.677. The van der Waals surface area contributed by atoms with Crippen molar-refractivity contribution in [1.29, 1.82) is 0 Å². The summed E-state index contributed by atoms with van der Waals surface area (Å²) >= 11 is 0. The van der Waals surface area contributed by atoms with Crippen molar-refractivity contribution in [2.24, 2.45) is 0 Å². The van der Waals surface area contributed by atoms with E-state index in [2.05, 4.69) is 82.5 Å². The average molecular weight is 337 g/mol. The zero-order valence-corrected chi connectivity index (χ0v) is 16.9. The van der Waals surface area contributed by atoms with E-state index in [1.165, 1.54) is 51.2 Å². The number of rotatable bonds is 3. The molecule has 0 N–H and O–H groups in total. The molecular weight excluding hydrogens is 304 g/mol. The Balaban J connectivity index is 2.00. The van der Waals surface area contributed by atoms with Crippen LogP contribution in [0.2, 0.25) is 0 Å². The maximum Gasteiger partial charge on any atom is 0.0907 e. The highest BCUT2D eigenvalue weighted by Crippen LogP contribution is 2.36. The maximum atomic E-state index is 2.63. The first-order valence-electron chi connectivity index (χ1n) is 9.49. The van der Waals surface area contributed by atoms with Gasteiger partial charge < -0.3 is 9.80 Å². The normalized spacial score (nSPS) is 17.5. The molecule has 134 valence electrons. The van der Waals surface area contributed by atoms with Crippen molar-refractivity contribution in [2.45, 2.75) is 60.9 Å². The van der Waals surface area contributed by atoms with Crippen molar-refractivity contribution in [2.75, 3.05) is 23.0 Å². The van der Waals surface area contributed by atoms with Gasteiger partial charge in [-0.25, -0.2) is 0 Å². The highest BCUT2D eigenvalue weighted by molar-refractivity contribution is 5.67. The molecule has 0 amide bonds. The van der Waals surface area contributed by atoms with Gasteiger partial charge >= 0.3 is 0 Å². The van der Waals surface area contributed by atoms with Crippen molar-refractivity contribution in [1.82, 2.24) is 0 Å². The summed E-state index contributed by atoms with van der Waals surface area (Å²) in [6.07, 6.45) is 1.17. The molecule has 1 atom stereocenters. The topological polar surface area (TPSA) is 6.48 Å². The van der Waals surface area contributed by atoms with Gasteiger partial charge in [0.2, 0.25) is 0 Å². The third kappa shape index (κ3) is 3.27. The fraction of sp³-hybridized carbons (Fsp3) is 0.478. The molecule has 0 aromatic heterocycles. The van der Waals surface area contributed by atoms with Crippen LogP contribution in [-0.2, 0) is 0 Å². The Bertz CT molecular complexity index is 745. The molecule has 2 nitrogen and oxygen atoms in total. The van der Waals surface area contributed by atoms with Crippen LogP contribution >= 0.6 is 0 Å². The van der Waals surface area contributed by atoms with Crippen LogP contribution in [0.3, 0.4) is 0 Å². The lowest BCUT2D eigenvalue weighted by Gasteiger charge is -2.29. The Hall–Kier alpha value is -1.96. The smallest absolute Gasteiger partial charge is 0.0907 e. The van der Waals surface area contributed by atoms with Gasteiger partial charge in [0, 0.05) is 24.0 Å². The van der Waals surface area contributed by atoms with E-state index in [9.17, 15) is 0 Å². The first-order chi connectivity index (χ1) is 11.8. The molecular formula is C23H32N2. The third-order valence-corrected chi connectivity index (χ3v) is 5.54. The molecule has 1 fully saturated rings. The number of aryl methyl sites for hydroxylation is 6. The minimum Gasteiger partial charge on any atom is -0.351 e. The Labute approximate surface area is 153 Å². The number of anilines is 2. The van der Waals surface area contributed by atoms with Gasteiger partial charge in [0.25, 0.3) is 0 Å². The largest absolute Gasteiger partial charge is 0.351 e. The summed E-state index contributed by atoms with van der Waals surface area (Å²) in [6, 6.07) is 9.84. The van der Waals surface area contributed by atoms with Crippen molar-refractivity contribution in [3.05, 3.63) is 57.6 Å². The van der Waals surface area contributed by atoms with Crippen molar-refractivity contribution < 1.29 is 0 Å². The van der Waals surface area contributed by atoms with Gasteiger partial charge in [0.1, 0.15) is 0 Å². The van der Waals surface area contributed by atoms with Crippen molar-refractivity contribution in [3.8, 4) is 0 Å². The van der Waals surface area contributed by atoms with E-state index in [0.717, 1.165) is 13.2 Å². The Kier molecular flexibility index (Phi) is 4.81. The summed E-state index contributed by atoms with van der Waals surface area (Å²) in [6.45, 7) is 17.8. The molecule has 0 saturated carbocycles. The van der Waals surface area contributed by atoms with Crippen molar-refractivity contribution in [3.63, 3.8) is 0 Å². The Morgan fingerprint density at radius 1 is 0.760 bits per heavy atom. The van der Waals surface area contributed by atoms with E-state index in [1.807, 2.05) is 0 Å². The lowest BCUT2D eigenvalue weighted by Crippen LogP contribution is -2.31. The minimum atomic E-state index is 0.570. The molecule has 1 saturated heterocycles. The molecule has 1 aliphatic rings. The second-order valence-electron chi connectivity index (χ2n) is 7.89. The second kappa shape index (κ2) is 6.74. The molecule has 2 heteroatoms. The predicted molar refractivity (Wildman–Crippen MR) is 110 cm³/mol. The zero-order valence-electron chi connectivity index (χ0n) is 16.9. The van der Waals surface area contributed by atoms with Gasteiger partial charge in [-0.05, 0) is 70.2 Å². The molecule has 1 aliphatic heterocycles. The van der Waals surface area contributed by atoms with Gasteiger partial charge in [0.05, 0.1) is 6.67 Å². The quantitative estimate of drug-likeness (QED) is 0.720. The fourth-order valence-corrected chi connectivity index (χ4v) is 4.77. The van der Waals surface area contributed by atoms with E-state index in [0.29, 0.717) is 6.04 Å². The van der Waals surface area contributed by atoms with Crippen LogP contribution in [0.5, 0.6) is 0 Å². The molecule has 0 aliphatic carbocycles. The van der Waals surface area contributed by atoms with Crippen LogP contribution in [0.25, 0.3) is 0 Å². The number of benzene rings is 2. The van der Waals surface area contributed by atoms with Gasteiger partial charge in [-0.1, -0.05) is 42.3 Å². The van der Waals surface area contributed by atoms with Crippen LogP contribution in [0, 0.1) is 41.5 Å². The molecule has 0 spiro atoms. The van der Waals surface area contributed by atoms with Crippen LogP contribution in [-0.4, -0.2) is 19.3 Å². The Morgan fingerprint density at radius 3 is 1.64 bits per heavy atom. The highest BCUT2D eigenvalue weighted by atomic mass is 15.4. The van der Waals surface area contributed by atoms with E-state index < -0.39 is 0 Å². The SMILES string of the molecule is CCC1CN(c2c(C)cc(C)cc2C)CN1c1c(C)cc(C)cc1C. The third-order valence-electron chi connectivity index (χ3n) is 5.54. The van der Waals surface area contributed by atoms with Crippen LogP contribution in [0.15, 0.2) is 24.3 Å². The van der Waals surface area contributed by atoms with Crippen LogP contribution < -0.4 is 9.80 Å². The lowest BCUT2D eigenvalue weighted by atomic mass is 10.0. The first kappa shape index (κ1) is 17.8. The zero-order chi connectivity index (χ0) is 18.3. The first-order valence-corrected chi connectivity index (χ1v) is 9.49. The van der Waals surface area contributed by atoms with Gasteiger partial charge in [-0.2, -0.15) is 0 Å². The maximum absolute atomic E-state index is 2.63. The van der Waals surface area contributed by atoms with Gasteiger partial charge in [-0.3, -0.25) is 0 Å². The average Bonchev–Trinajstić information content (AvgIpc) is 2.88. The summed E-state index contributed by atoms with van der Waals surface area (Å²) in [5, 5.41) is 0. The molecule has 1 unspecified atom stereocenters. The summed E-state index contributed by atoms with van der Waals surface area (Å²) < 4.78 is 0.